The Labute approximate surface area is 155 Å². The number of hydrogen-bond acceptors (Lipinski definition) is 6. The van der Waals surface area contributed by atoms with Crippen LogP contribution in [0.25, 0.3) is 16.8 Å². The lowest BCUT2D eigenvalue weighted by Crippen LogP contribution is -1.99. The number of aromatic nitrogens is 4. The molecule has 6 nitrogen and oxygen atoms in total. The highest BCUT2D eigenvalue weighted by Crippen LogP contribution is 2.25. The Hall–Kier alpha value is -3.19. The van der Waals surface area contributed by atoms with Crippen LogP contribution >= 0.6 is 11.3 Å². The summed E-state index contributed by atoms with van der Waals surface area (Å²) in [6, 6.07) is 7.54. The van der Waals surface area contributed by atoms with Crippen molar-refractivity contribution in [1.29, 1.82) is 0 Å². The van der Waals surface area contributed by atoms with E-state index in [1.54, 1.807) is 17.5 Å². The van der Waals surface area contributed by atoms with Gasteiger partial charge in [0.15, 0.2) is 5.82 Å². The van der Waals surface area contributed by atoms with Crippen molar-refractivity contribution in [3.63, 3.8) is 0 Å². The maximum absolute atomic E-state index is 5.82. The zero-order valence-corrected chi connectivity index (χ0v) is 15.2. The molecule has 1 aromatic carbocycles. The molecule has 0 unspecified atom stereocenters. The van der Waals surface area contributed by atoms with Gasteiger partial charge in [-0.25, -0.2) is 4.98 Å². The smallest absolute Gasteiger partial charge is 0.173 e. The molecule has 26 heavy (non-hydrogen) atoms. The van der Waals surface area contributed by atoms with Gasteiger partial charge in [0, 0.05) is 22.7 Å². The summed E-state index contributed by atoms with van der Waals surface area (Å²) in [5.41, 5.74) is 9.15. The summed E-state index contributed by atoms with van der Waals surface area (Å²) in [4.78, 5) is 4.31. The van der Waals surface area contributed by atoms with Crippen LogP contribution in [-0.2, 0) is 0 Å². The van der Waals surface area contributed by atoms with E-state index in [1.165, 1.54) is 0 Å². The molecule has 3 rings (SSSR count). The van der Waals surface area contributed by atoms with E-state index in [0.717, 1.165) is 21.7 Å². The molecule has 3 N–H and O–H groups in total. The Morgan fingerprint density at radius 1 is 1.35 bits per heavy atom. The van der Waals surface area contributed by atoms with E-state index in [4.69, 9.17) is 10.5 Å². The Kier molecular flexibility index (Phi) is 5.60. The summed E-state index contributed by atoms with van der Waals surface area (Å²) in [6.07, 6.45) is 7.76. The third kappa shape index (κ3) is 4.25. The number of allylic oxidation sites excluding steroid dienone is 3. The van der Waals surface area contributed by atoms with Crippen LogP contribution in [0.15, 0.2) is 66.2 Å². The number of aromatic amines is 1. The van der Waals surface area contributed by atoms with Gasteiger partial charge in [0.1, 0.15) is 23.1 Å². The van der Waals surface area contributed by atoms with Crippen molar-refractivity contribution < 1.29 is 4.74 Å². The molecule has 7 heteroatoms. The molecule has 0 saturated heterocycles. The summed E-state index contributed by atoms with van der Waals surface area (Å²) in [6.45, 7) is 6.41. The second-order valence-corrected chi connectivity index (χ2v) is 6.34. The largest absolute Gasteiger partial charge is 0.489 e. The highest BCUT2D eigenvalue weighted by Gasteiger charge is 2.08. The molecule has 0 radical (unpaired) electrons. The topological polar surface area (TPSA) is 89.7 Å². The first-order chi connectivity index (χ1) is 12.7. The summed E-state index contributed by atoms with van der Waals surface area (Å²) in [7, 11) is 0. The zero-order chi connectivity index (χ0) is 18.4. The standard InChI is InChI=1S/C19H19N5OS/c1-3-14(19-21-9-10-26-19)8-7-13(2)12-25-16-6-4-5-15(11-16)17-18(20)23-24-22-17/h3-11H,2,12H2,1H3,(H3,20,22,23,24)/b8-7-,14-3+. The number of hydrogen-bond donors (Lipinski definition) is 2. The minimum Gasteiger partial charge on any atom is -0.489 e. The van der Waals surface area contributed by atoms with Crippen molar-refractivity contribution >= 4 is 22.7 Å². The fourth-order valence-electron chi connectivity index (χ4n) is 2.27. The molecule has 0 saturated carbocycles. The van der Waals surface area contributed by atoms with Crippen LogP contribution in [0, 0.1) is 0 Å². The second-order valence-electron chi connectivity index (χ2n) is 5.45. The van der Waals surface area contributed by atoms with E-state index in [2.05, 4.69) is 27.0 Å². The fraction of sp³-hybridized carbons (Fsp3) is 0.105. The minimum atomic E-state index is 0.357. The van der Waals surface area contributed by atoms with Crippen molar-refractivity contribution in [1.82, 2.24) is 20.4 Å². The average molecular weight is 365 g/mol. The molecule has 2 aromatic heterocycles. The second kappa shape index (κ2) is 8.26. The molecule has 0 amide bonds. The Morgan fingerprint density at radius 2 is 2.23 bits per heavy atom. The van der Waals surface area contributed by atoms with Crippen molar-refractivity contribution in [2.75, 3.05) is 12.3 Å². The predicted molar refractivity (Wildman–Crippen MR) is 106 cm³/mol. The van der Waals surface area contributed by atoms with E-state index in [-0.39, 0.29) is 0 Å². The van der Waals surface area contributed by atoms with Gasteiger partial charge in [0.05, 0.1) is 0 Å². The van der Waals surface area contributed by atoms with Crippen molar-refractivity contribution in [3.05, 3.63) is 71.2 Å². The number of thiazole rings is 1. The molecule has 2 heterocycles. The average Bonchev–Trinajstić information content (AvgIpc) is 3.33. The van der Waals surface area contributed by atoms with Gasteiger partial charge in [-0.05, 0) is 24.6 Å². The van der Waals surface area contributed by atoms with Gasteiger partial charge in [0.2, 0.25) is 0 Å². The molecule has 0 aliphatic heterocycles. The van der Waals surface area contributed by atoms with Gasteiger partial charge in [-0.2, -0.15) is 10.3 Å². The summed E-state index contributed by atoms with van der Waals surface area (Å²) in [5.74, 6) is 1.07. The fourth-order valence-corrected chi connectivity index (χ4v) is 2.97. The third-order valence-corrected chi connectivity index (χ3v) is 4.42. The molecule has 132 valence electrons. The minimum absolute atomic E-state index is 0.357. The SMILES string of the molecule is C=C(/C=C\C(=C/C)c1nccs1)COc1cccc(-c2n[nH]nc2N)c1. The lowest BCUT2D eigenvalue weighted by Gasteiger charge is -2.07. The first-order valence-electron chi connectivity index (χ1n) is 7.99. The van der Waals surface area contributed by atoms with E-state index in [1.807, 2.05) is 54.8 Å². The molecular formula is C19H19N5OS. The van der Waals surface area contributed by atoms with Gasteiger partial charge < -0.3 is 10.5 Å². The quantitative estimate of drug-likeness (QED) is 0.615. The molecule has 3 aromatic rings. The first-order valence-corrected chi connectivity index (χ1v) is 8.87. The molecule has 0 aliphatic carbocycles. The zero-order valence-electron chi connectivity index (χ0n) is 14.3. The highest BCUT2D eigenvalue weighted by molar-refractivity contribution is 7.10. The lowest BCUT2D eigenvalue weighted by molar-refractivity contribution is 0.356. The Balaban J connectivity index is 1.61. The number of nitrogens with two attached hydrogens (primary N) is 1. The van der Waals surface area contributed by atoms with Crippen LogP contribution in [0.1, 0.15) is 11.9 Å². The van der Waals surface area contributed by atoms with Gasteiger partial charge in [-0.15, -0.1) is 16.4 Å². The number of nitrogens with one attached hydrogen (secondary N) is 1. The van der Waals surface area contributed by atoms with Crippen LogP contribution in [0.3, 0.4) is 0 Å². The third-order valence-electron chi connectivity index (χ3n) is 3.60. The van der Waals surface area contributed by atoms with Crippen molar-refractivity contribution in [2.24, 2.45) is 0 Å². The molecule has 0 bridgehead atoms. The van der Waals surface area contributed by atoms with Gasteiger partial charge in [-0.3, -0.25) is 0 Å². The van der Waals surface area contributed by atoms with E-state index < -0.39 is 0 Å². The van der Waals surface area contributed by atoms with Crippen LogP contribution in [-0.4, -0.2) is 27.0 Å². The normalized spacial score (nSPS) is 11.8. The van der Waals surface area contributed by atoms with E-state index in [9.17, 15) is 0 Å². The summed E-state index contributed by atoms with van der Waals surface area (Å²) in [5, 5.41) is 13.3. The number of rotatable bonds is 7. The van der Waals surface area contributed by atoms with Crippen LogP contribution < -0.4 is 10.5 Å². The number of nitrogen functional groups attached to an aromatic ring is 1. The van der Waals surface area contributed by atoms with Gasteiger partial charge >= 0.3 is 0 Å². The van der Waals surface area contributed by atoms with Gasteiger partial charge in [-0.1, -0.05) is 36.9 Å². The van der Waals surface area contributed by atoms with Crippen LogP contribution in [0.5, 0.6) is 5.75 Å². The van der Waals surface area contributed by atoms with Crippen LogP contribution in [0.2, 0.25) is 0 Å². The van der Waals surface area contributed by atoms with Crippen molar-refractivity contribution in [2.45, 2.75) is 6.92 Å². The Bertz CT molecular complexity index is 941. The predicted octanol–water partition coefficient (Wildman–Crippen LogP) is 4.11. The number of H-pyrrole nitrogens is 1. The molecule has 0 atom stereocenters. The highest BCUT2D eigenvalue weighted by atomic mass is 32.1. The first kappa shape index (κ1) is 17.6. The number of nitrogens with zero attached hydrogens (tertiary/aromatic N) is 3. The maximum atomic E-state index is 5.82. The molecular weight excluding hydrogens is 346 g/mol. The van der Waals surface area contributed by atoms with Gasteiger partial charge in [0.25, 0.3) is 0 Å². The lowest BCUT2D eigenvalue weighted by atomic mass is 10.1. The monoisotopic (exact) mass is 365 g/mol. The summed E-state index contributed by atoms with van der Waals surface area (Å²) < 4.78 is 5.82. The molecule has 0 aliphatic rings. The number of anilines is 1. The van der Waals surface area contributed by atoms with Crippen LogP contribution in [0.4, 0.5) is 5.82 Å². The van der Waals surface area contributed by atoms with E-state index >= 15 is 0 Å². The van der Waals surface area contributed by atoms with E-state index in [0.29, 0.717) is 23.9 Å². The summed E-state index contributed by atoms with van der Waals surface area (Å²) >= 11 is 1.60. The Morgan fingerprint density at radius 3 is 2.92 bits per heavy atom. The number of benzene rings is 1. The molecule has 0 fully saturated rings. The number of ether oxygens (including phenoxy) is 1. The maximum Gasteiger partial charge on any atom is 0.173 e. The van der Waals surface area contributed by atoms with Crippen molar-refractivity contribution in [3.8, 4) is 17.0 Å². The molecule has 0 spiro atoms.